The Morgan fingerprint density at radius 2 is 1.82 bits per heavy atom. The van der Waals surface area contributed by atoms with Gasteiger partial charge in [-0.3, -0.25) is 4.79 Å². The van der Waals surface area contributed by atoms with Crippen molar-refractivity contribution >= 4 is 17.5 Å². The Kier molecular flexibility index (Phi) is 4.92. The first-order valence-electron chi connectivity index (χ1n) is 8.61. The molecule has 0 saturated heterocycles. The molecule has 1 aliphatic heterocycles. The van der Waals surface area contributed by atoms with E-state index in [9.17, 15) is 4.79 Å². The largest absolute Gasteiger partial charge is 0.497 e. The quantitative estimate of drug-likeness (QED) is 0.681. The summed E-state index contributed by atoms with van der Waals surface area (Å²) in [5, 5.41) is 5.91. The third-order valence-electron chi connectivity index (χ3n) is 4.15. The molecule has 1 aromatic heterocycles. The van der Waals surface area contributed by atoms with Gasteiger partial charge in [0, 0.05) is 24.6 Å². The number of nitrogens with one attached hydrogen (secondary N) is 2. The summed E-state index contributed by atoms with van der Waals surface area (Å²) in [7, 11) is 1.61. The van der Waals surface area contributed by atoms with Crippen LogP contribution in [0.4, 0.5) is 11.6 Å². The number of fused-ring (bicyclic) bond motifs is 1. The second kappa shape index (κ2) is 7.83. The SMILES string of the molecule is COc1ccc(Nc2ncc(C(=O)NCc3ccc4c(c3)OCO4)cn2)cc1. The van der Waals surface area contributed by atoms with Crippen LogP contribution in [-0.4, -0.2) is 29.8 Å². The average Bonchev–Trinajstić information content (AvgIpc) is 3.21. The van der Waals surface area contributed by atoms with Crippen LogP contribution in [0, 0.1) is 0 Å². The Morgan fingerprint density at radius 3 is 2.57 bits per heavy atom. The highest BCUT2D eigenvalue weighted by Crippen LogP contribution is 2.32. The van der Waals surface area contributed by atoms with E-state index in [4.69, 9.17) is 14.2 Å². The molecule has 3 aromatic rings. The second-order valence-corrected chi connectivity index (χ2v) is 6.02. The fraction of sp³-hybridized carbons (Fsp3) is 0.150. The maximum Gasteiger partial charge on any atom is 0.254 e. The summed E-state index contributed by atoms with van der Waals surface area (Å²) in [6.45, 7) is 0.584. The van der Waals surface area contributed by atoms with Crippen molar-refractivity contribution in [3.05, 3.63) is 66.0 Å². The number of hydrogen-bond acceptors (Lipinski definition) is 7. The second-order valence-electron chi connectivity index (χ2n) is 6.02. The topological polar surface area (TPSA) is 94.6 Å². The molecule has 2 heterocycles. The molecule has 2 aromatic carbocycles. The Morgan fingerprint density at radius 1 is 1.07 bits per heavy atom. The Labute approximate surface area is 161 Å². The first-order chi connectivity index (χ1) is 13.7. The predicted molar refractivity (Wildman–Crippen MR) is 102 cm³/mol. The highest BCUT2D eigenvalue weighted by atomic mass is 16.7. The van der Waals surface area contributed by atoms with Gasteiger partial charge in [0.05, 0.1) is 12.7 Å². The number of ether oxygens (including phenoxy) is 3. The molecule has 1 amide bonds. The minimum atomic E-state index is -0.256. The van der Waals surface area contributed by atoms with Crippen LogP contribution in [0.15, 0.2) is 54.9 Å². The molecule has 8 nitrogen and oxygen atoms in total. The summed E-state index contributed by atoms with van der Waals surface area (Å²) >= 11 is 0. The summed E-state index contributed by atoms with van der Waals surface area (Å²) in [5.74, 6) is 2.31. The molecule has 0 aliphatic carbocycles. The van der Waals surface area contributed by atoms with Crippen molar-refractivity contribution < 1.29 is 19.0 Å². The van der Waals surface area contributed by atoms with Gasteiger partial charge in [-0.2, -0.15) is 0 Å². The van der Waals surface area contributed by atoms with Crippen LogP contribution < -0.4 is 24.8 Å². The lowest BCUT2D eigenvalue weighted by Crippen LogP contribution is -2.23. The Balaban J connectivity index is 1.34. The van der Waals surface area contributed by atoms with Crippen molar-refractivity contribution in [2.45, 2.75) is 6.54 Å². The molecular weight excluding hydrogens is 360 g/mol. The minimum Gasteiger partial charge on any atom is -0.497 e. The lowest BCUT2D eigenvalue weighted by atomic mass is 10.2. The number of hydrogen-bond donors (Lipinski definition) is 2. The van der Waals surface area contributed by atoms with Crippen molar-refractivity contribution in [2.75, 3.05) is 19.2 Å². The molecular formula is C20H18N4O4. The highest BCUT2D eigenvalue weighted by Gasteiger charge is 2.14. The zero-order valence-electron chi connectivity index (χ0n) is 15.1. The molecule has 142 valence electrons. The molecule has 28 heavy (non-hydrogen) atoms. The minimum absolute atomic E-state index is 0.222. The third-order valence-corrected chi connectivity index (χ3v) is 4.15. The number of aromatic nitrogens is 2. The molecule has 0 fully saturated rings. The number of anilines is 2. The number of carbonyl (C=O) groups is 1. The van der Waals surface area contributed by atoms with Crippen molar-refractivity contribution in [2.24, 2.45) is 0 Å². The fourth-order valence-corrected chi connectivity index (χ4v) is 2.65. The number of rotatable bonds is 6. The van der Waals surface area contributed by atoms with Gasteiger partial charge in [-0.15, -0.1) is 0 Å². The van der Waals surface area contributed by atoms with E-state index in [1.54, 1.807) is 7.11 Å². The maximum absolute atomic E-state index is 12.3. The first-order valence-corrected chi connectivity index (χ1v) is 8.61. The number of amides is 1. The van der Waals surface area contributed by atoms with Gasteiger partial charge in [0.15, 0.2) is 11.5 Å². The van der Waals surface area contributed by atoms with E-state index in [0.29, 0.717) is 29.6 Å². The molecule has 8 heteroatoms. The van der Waals surface area contributed by atoms with Gasteiger partial charge in [-0.1, -0.05) is 6.07 Å². The van der Waals surface area contributed by atoms with E-state index in [1.165, 1.54) is 12.4 Å². The highest BCUT2D eigenvalue weighted by molar-refractivity contribution is 5.93. The van der Waals surface area contributed by atoms with Gasteiger partial charge < -0.3 is 24.8 Å². The molecule has 0 bridgehead atoms. The normalized spacial score (nSPS) is 11.8. The lowest BCUT2D eigenvalue weighted by molar-refractivity contribution is 0.0950. The smallest absolute Gasteiger partial charge is 0.254 e. The average molecular weight is 378 g/mol. The van der Waals surface area contributed by atoms with E-state index >= 15 is 0 Å². The summed E-state index contributed by atoms with van der Waals surface area (Å²) in [6.07, 6.45) is 2.96. The number of methoxy groups -OCH3 is 1. The number of carbonyl (C=O) groups excluding carboxylic acids is 1. The Bertz CT molecular complexity index is 975. The molecule has 2 N–H and O–H groups in total. The van der Waals surface area contributed by atoms with E-state index in [1.807, 2.05) is 42.5 Å². The monoisotopic (exact) mass is 378 g/mol. The summed E-state index contributed by atoms with van der Waals surface area (Å²) < 4.78 is 15.7. The van der Waals surface area contributed by atoms with Gasteiger partial charge in [-0.05, 0) is 42.0 Å². The van der Waals surface area contributed by atoms with Crippen LogP contribution in [0.25, 0.3) is 0 Å². The maximum atomic E-state index is 12.3. The van der Waals surface area contributed by atoms with Crippen LogP contribution in [0.5, 0.6) is 17.2 Å². The summed E-state index contributed by atoms with van der Waals surface area (Å²) in [6, 6.07) is 12.9. The lowest BCUT2D eigenvalue weighted by Gasteiger charge is -2.08. The molecule has 0 saturated carbocycles. The van der Waals surface area contributed by atoms with Crippen LogP contribution >= 0.6 is 0 Å². The van der Waals surface area contributed by atoms with Crippen molar-refractivity contribution in [3.63, 3.8) is 0 Å². The molecule has 1 aliphatic rings. The summed E-state index contributed by atoms with van der Waals surface area (Å²) in [5.41, 5.74) is 2.11. The van der Waals surface area contributed by atoms with Crippen molar-refractivity contribution in [1.29, 1.82) is 0 Å². The van der Waals surface area contributed by atoms with Crippen LogP contribution in [0.2, 0.25) is 0 Å². The molecule has 0 radical (unpaired) electrons. The van der Waals surface area contributed by atoms with Crippen LogP contribution in [-0.2, 0) is 6.54 Å². The van der Waals surface area contributed by atoms with Gasteiger partial charge >= 0.3 is 0 Å². The van der Waals surface area contributed by atoms with E-state index in [-0.39, 0.29) is 12.7 Å². The van der Waals surface area contributed by atoms with Gasteiger partial charge in [0.1, 0.15) is 5.75 Å². The fourth-order valence-electron chi connectivity index (χ4n) is 2.65. The van der Waals surface area contributed by atoms with Crippen LogP contribution in [0.3, 0.4) is 0 Å². The zero-order valence-corrected chi connectivity index (χ0v) is 15.1. The third kappa shape index (κ3) is 3.96. The molecule has 0 unspecified atom stereocenters. The van der Waals surface area contributed by atoms with Gasteiger partial charge in [-0.25, -0.2) is 9.97 Å². The zero-order chi connectivity index (χ0) is 19.3. The van der Waals surface area contributed by atoms with E-state index in [0.717, 1.165) is 17.0 Å². The Hall–Kier alpha value is -3.81. The van der Waals surface area contributed by atoms with Gasteiger partial charge in [0.2, 0.25) is 12.7 Å². The number of nitrogens with zero attached hydrogens (tertiary/aromatic N) is 2. The summed E-state index contributed by atoms with van der Waals surface area (Å²) in [4.78, 5) is 20.7. The molecule has 4 rings (SSSR count). The van der Waals surface area contributed by atoms with Gasteiger partial charge in [0.25, 0.3) is 5.91 Å². The van der Waals surface area contributed by atoms with Crippen LogP contribution in [0.1, 0.15) is 15.9 Å². The van der Waals surface area contributed by atoms with Crippen molar-refractivity contribution in [3.8, 4) is 17.2 Å². The van der Waals surface area contributed by atoms with Crippen molar-refractivity contribution in [1.82, 2.24) is 15.3 Å². The predicted octanol–water partition coefficient (Wildman–Crippen LogP) is 2.89. The standard InChI is InChI=1S/C20H18N4O4/c1-26-16-5-3-15(4-6-16)24-20-22-10-14(11-23-20)19(25)21-9-13-2-7-17-18(8-13)28-12-27-17/h2-8,10-11H,9,12H2,1H3,(H,21,25)(H,22,23,24). The molecule has 0 spiro atoms. The van der Waals surface area contributed by atoms with E-state index in [2.05, 4.69) is 20.6 Å². The molecule has 0 atom stereocenters. The van der Waals surface area contributed by atoms with E-state index < -0.39 is 0 Å². The first kappa shape index (κ1) is 17.6. The number of benzene rings is 2.